The first-order valence-corrected chi connectivity index (χ1v) is 9.91. The second-order valence-electron chi connectivity index (χ2n) is 6.20. The number of aromatic nitrogens is 2. The molecule has 8 heteroatoms. The first-order valence-electron chi connectivity index (χ1n) is 8.68. The van der Waals surface area contributed by atoms with E-state index in [2.05, 4.69) is 15.5 Å². The van der Waals surface area contributed by atoms with Crippen molar-refractivity contribution in [1.82, 2.24) is 10.2 Å². The van der Waals surface area contributed by atoms with Gasteiger partial charge in [0.25, 0.3) is 0 Å². The van der Waals surface area contributed by atoms with E-state index in [1.807, 2.05) is 37.4 Å². The van der Waals surface area contributed by atoms with Crippen molar-refractivity contribution in [1.29, 1.82) is 0 Å². The van der Waals surface area contributed by atoms with Gasteiger partial charge in [-0.1, -0.05) is 18.4 Å². The Bertz CT molecular complexity index is 775. The maximum absolute atomic E-state index is 12.4. The molecule has 1 atom stereocenters. The highest BCUT2D eigenvalue weighted by Gasteiger charge is 2.35. The Morgan fingerprint density at radius 1 is 1.35 bits per heavy atom. The van der Waals surface area contributed by atoms with Crippen molar-refractivity contribution >= 4 is 35.3 Å². The van der Waals surface area contributed by atoms with E-state index in [0.29, 0.717) is 25.3 Å². The lowest BCUT2D eigenvalue weighted by atomic mass is 10.1. The molecular formula is C18H22N4O3S. The van der Waals surface area contributed by atoms with E-state index >= 15 is 0 Å². The van der Waals surface area contributed by atoms with E-state index in [1.165, 1.54) is 0 Å². The van der Waals surface area contributed by atoms with E-state index in [4.69, 9.17) is 4.42 Å². The topological polar surface area (TPSA) is 88.3 Å². The summed E-state index contributed by atoms with van der Waals surface area (Å²) in [7, 11) is 0. The maximum Gasteiger partial charge on any atom is 0.322 e. The fourth-order valence-electron chi connectivity index (χ4n) is 2.85. The third-order valence-electron chi connectivity index (χ3n) is 4.30. The molecule has 1 aliphatic heterocycles. The number of carbonyl (C=O) groups is 2. The van der Waals surface area contributed by atoms with E-state index in [1.54, 1.807) is 16.7 Å². The summed E-state index contributed by atoms with van der Waals surface area (Å²) in [5.74, 6) is 0.0996. The summed E-state index contributed by atoms with van der Waals surface area (Å²) < 4.78 is 5.55. The second kappa shape index (κ2) is 8.35. The van der Waals surface area contributed by atoms with Crippen molar-refractivity contribution in [2.45, 2.75) is 43.4 Å². The molecule has 26 heavy (non-hydrogen) atoms. The first-order chi connectivity index (χ1) is 12.6. The summed E-state index contributed by atoms with van der Waals surface area (Å²) in [6.07, 6.45) is 4.51. The number of nitrogens with zero attached hydrogens (tertiary/aromatic N) is 3. The molecule has 1 aromatic heterocycles. The van der Waals surface area contributed by atoms with Crippen LogP contribution in [0.4, 0.5) is 11.7 Å². The predicted octanol–water partition coefficient (Wildman–Crippen LogP) is 3.44. The van der Waals surface area contributed by atoms with Crippen LogP contribution in [0, 0.1) is 0 Å². The smallest absolute Gasteiger partial charge is 0.322 e. The van der Waals surface area contributed by atoms with E-state index < -0.39 is 0 Å². The lowest BCUT2D eigenvalue weighted by molar-refractivity contribution is -0.117. The Labute approximate surface area is 156 Å². The van der Waals surface area contributed by atoms with Crippen LogP contribution < -0.4 is 10.2 Å². The summed E-state index contributed by atoms with van der Waals surface area (Å²) in [5, 5.41) is 10.5. The largest absolute Gasteiger partial charge is 0.407 e. The fraction of sp³-hybridized carbons (Fsp3) is 0.444. The average molecular weight is 374 g/mol. The normalized spacial score (nSPS) is 16.9. The number of carbonyl (C=O) groups excluding carboxylic acids is 2. The molecule has 3 rings (SSSR count). The van der Waals surface area contributed by atoms with Crippen molar-refractivity contribution < 1.29 is 14.0 Å². The van der Waals surface area contributed by atoms with Crippen LogP contribution in [0.1, 0.15) is 44.4 Å². The monoisotopic (exact) mass is 374 g/mol. The third-order valence-corrected chi connectivity index (χ3v) is 5.05. The molecule has 1 saturated heterocycles. The molecule has 2 aromatic rings. The molecule has 1 N–H and O–H groups in total. The number of anilines is 2. The van der Waals surface area contributed by atoms with Gasteiger partial charge in [-0.15, -0.1) is 16.9 Å². The summed E-state index contributed by atoms with van der Waals surface area (Å²) in [6.45, 7) is 2.51. The van der Waals surface area contributed by atoms with Gasteiger partial charge in [0.1, 0.15) is 0 Å². The minimum absolute atomic E-state index is 0.0265. The molecule has 0 bridgehead atoms. The highest BCUT2D eigenvalue weighted by Crippen LogP contribution is 2.32. The molecule has 0 spiro atoms. The molecule has 2 heterocycles. The van der Waals surface area contributed by atoms with Gasteiger partial charge >= 0.3 is 6.01 Å². The average Bonchev–Trinajstić information content (AvgIpc) is 3.26. The highest BCUT2D eigenvalue weighted by molar-refractivity contribution is 7.98. The lowest BCUT2D eigenvalue weighted by Gasteiger charge is -2.16. The Kier molecular flexibility index (Phi) is 5.92. The Morgan fingerprint density at radius 3 is 2.81 bits per heavy atom. The Morgan fingerprint density at radius 2 is 2.12 bits per heavy atom. The molecular weight excluding hydrogens is 352 g/mol. The zero-order valence-electron chi connectivity index (χ0n) is 14.9. The number of rotatable bonds is 7. The van der Waals surface area contributed by atoms with Gasteiger partial charge in [0, 0.05) is 30.0 Å². The van der Waals surface area contributed by atoms with Crippen LogP contribution in [0.5, 0.6) is 0 Å². The minimum Gasteiger partial charge on any atom is -0.407 e. The van der Waals surface area contributed by atoms with Crippen LogP contribution in [0.2, 0.25) is 0 Å². The summed E-state index contributed by atoms with van der Waals surface area (Å²) in [4.78, 5) is 27.0. The molecule has 0 saturated carbocycles. The number of hydrogen-bond donors (Lipinski definition) is 1. The number of nitrogens with one attached hydrogen (secondary N) is 1. The molecule has 0 radical (unpaired) electrons. The number of hydrogen-bond acceptors (Lipinski definition) is 6. The van der Waals surface area contributed by atoms with Gasteiger partial charge in [0.2, 0.25) is 17.7 Å². The van der Waals surface area contributed by atoms with Crippen LogP contribution in [0.3, 0.4) is 0 Å². The van der Waals surface area contributed by atoms with Crippen LogP contribution in [-0.4, -0.2) is 34.8 Å². The van der Waals surface area contributed by atoms with Gasteiger partial charge < -0.3 is 9.32 Å². The summed E-state index contributed by atoms with van der Waals surface area (Å²) in [6, 6.07) is 7.98. The zero-order chi connectivity index (χ0) is 18.5. The highest BCUT2D eigenvalue weighted by atomic mass is 32.2. The number of unbranched alkanes of at least 4 members (excludes halogenated alkanes) is 1. The van der Waals surface area contributed by atoms with Gasteiger partial charge in [-0.05, 0) is 36.9 Å². The van der Waals surface area contributed by atoms with Crippen LogP contribution in [0.15, 0.2) is 33.6 Å². The fourth-order valence-corrected chi connectivity index (χ4v) is 3.26. The molecule has 138 valence electrons. The van der Waals surface area contributed by atoms with Crippen LogP contribution >= 0.6 is 11.8 Å². The Hall–Kier alpha value is -2.35. The van der Waals surface area contributed by atoms with Crippen molar-refractivity contribution in [2.24, 2.45) is 0 Å². The van der Waals surface area contributed by atoms with Crippen molar-refractivity contribution in [3.63, 3.8) is 0 Å². The molecule has 1 aromatic carbocycles. The van der Waals surface area contributed by atoms with Gasteiger partial charge in [-0.3, -0.25) is 14.9 Å². The molecule has 7 nitrogen and oxygen atoms in total. The molecule has 0 unspecified atom stereocenters. The van der Waals surface area contributed by atoms with Gasteiger partial charge in [0.15, 0.2) is 0 Å². The molecule has 1 fully saturated rings. The SMILES string of the molecule is CCCCC(=O)Nc1nnc([C@H]2CC(=O)N(c3ccc(SC)cc3)C2)o1. The first kappa shape index (κ1) is 18.4. The second-order valence-corrected chi connectivity index (χ2v) is 7.08. The lowest BCUT2D eigenvalue weighted by Crippen LogP contribution is -2.24. The van der Waals surface area contributed by atoms with Crippen molar-refractivity contribution in [2.75, 3.05) is 23.0 Å². The standard InChI is InChI=1S/C18H22N4O3S/c1-3-4-5-15(23)19-18-21-20-17(25-18)12-10-16(24)22(11-12)13-6-8-14(26-2)9-7-13/h6-9,12H,3-5,10-11H2,1-2H3,(H,19,21,23)/t12-/m0/s1. The van der Waals surface area contributed by atoms with Gasteiger partial charge in [-0.2, -0.15) is 0 Å². The molecule has 0 aliphatic carbocycles. The predicted molar refractivity (Wildman–Crippen MR) is 100 cm³/mol. The van der Waals surface area contributed by atoms with Crippen molar-refractivity contribution in [3.8, 4) is 0 Å². The van der Waals surface area contributed by atoms with Gasteiger partial charge in [-0.25, -0.2) is 0 Å². The molecule has 2 amide bonds. The minimum atomic E-state index is -0.170. The van der Waals surface area contributed by atoms with Crippen LogP contribution in [-0.2, 0) is 9.59 Å². The van der Waals surface area contributed by atoms with Crippen LogP contribution in [0.25, 0.3) is 0 Å². The van der Waals surface area contributed by atoms with Gasteiger partial charge in [0.05, 0.1) is 5.92 Å². The van der Waals surface area contributed by atoms with E-state index in [0.717, 1.165) is 23.4 Å². The Balaban J connectivity index is 1.64. The summed E-state index contributed by atoms with van der Waals surface area (Å²) in [5.41, 5.74) is 0.864. The zero-order valence-corrected chi connectivity index (χ0v) is 15.7. The number of amides is 2. The molecule has 1 aliphatic rings. The quantitative estimate of drug-likeness (QED) is 0.747. The number of benzene rings is 1. The van der Waals surface area contributed by atoms with E-state index in [9.17, 15) is 9.59 Å². The maximum atomic E-state index is 12.4. The van der Waals surface area contributed by atoms with E-state index in [-0.39, 0.29) is 23.7 Å². The third kappa shape index (κ3) is 4.24. The summed E-state index contributed by atoms with van der Waals surface area (Å²) >= 11 is 1.66. The number of thioether (sulfide) groups is 1. The van der Waals surface area contributed by atoms with Crippen molar-refractivity contribution in [3.05, 3.63) is 30.2 Å².